The number of benzene rings is 1. The third-order valence-corrected chi connectivity index (χ3v) is 5.44. The van der Waals surface area contributed by atoms with E-state index in [1.54, 1.807) is 14.2 Å². The van der Waals surface area contributed by atoms with E-state index in [0.717, 1.165) is 36.3 Å². The highest BCUT2D eigenvalue weighted by Crippen LogP contribution is 2.32. The summed E-state index contributed by atoms with van der Waals surface area (Å²) in [6.07, 6.45) is 6.29. The van der Waals surface area contributed by atoms with Gasteiger partial charge in [-0.25, -0.2) is 0 Å². The molecule has 2 N–H and O–H groups in total. The third-order valence-electron chi connectivity index (χ3n) is 5.44. The van der Waals surface area contributed by atoms with E-state index in [2.05, 4.69) is 17.6 Å². The molecule has 2 bridgehead atoms. The second kappa shape index (κ2) is 9.47. The normalized spacial score (nSPS) is 25.1. The third kappa shape index (κ3) is 5.27. The molecule has 1 amide bonds. The fourth-order valence-corrected chi connectivity index (χ4v) is 4.35. The fourth-order valence-electron chi connectivity index (χ4n) is 4.35. The smallest absolute Gasteiger partial charge is 0.220 e. The van der Waals surface area contributed by atoms with Crippen LogP contribution in [-0.2, 0) is 11.2 Å². The van der Waals surface area contributed by atoms with Crippen molar-refractivity contribution in [1.82, 2.24) is 10.6 Å². The average molecular weight is 383 g/mol. The summed E-state index contributed by atoms with van der Waals surface area (Å²) < 4.78 is 10.6. The highest BCUT2D eigenvalue weighted by molar-refractivity contribution is 5.85. The Morgan fingerprint density at radius 1 is 1.19 bits per heavy atom. The van der Waals surface area contributed by atoms with Crippen molar-refractivity contribution in [3.8, 4) is 11.5 Å². The second-order valence-corrected chi connectivity index (χ2v) is 7.54. The van der Waals surface area contributed by atoms with Gasteiger partial charge in [-0.2, -0.15) is 0 Å². The predicted octanol–water partition coefficient (Wildman–Crippen LogP) is 3.09. The van der Waals surface area contributed by atoms with E-state index in [4.69, 9.17) is 9.47 Å². The van der Waals surface area contributed by atoms with Gasteiger partial charge in [-0.15, -0.1) is 12.4 Å². The number of amides is 1. The van der Waals surface area contributed by atoms with Crippen molar-refractivity contribution < 1.29 is 14.3 Å². The van der Waals surface area contributed by atoms with Gasteiger partial charge in [0.25, 0.3) is 0 Å². The standard InChI is InChI=1S/C20H30N2O3.ClH/c1-13(8-14-4-7-18(24-2)19(11-14)25-3)21-20(23)12-15-9-16-5-6-17(10-15)22-16;/h4,7,11,13,15-17,22H,5-6,8-10,12H2,1-3H3,(H,21,23);1H. The lowest BCUT2D eigenvalue weighted by Crippen LogP contribution is -2.41. The minimum absolute atomic E-state index is 0. The molecule has 0 aliphatic carbocycles. The first kappa shape index (κ1) is 20.8. The van der Waals surface area contributed by atoms with Crippen LogP contribution >= 0.6 is 12.4 Å². The van der Waals surface area contributed by atoms with E-state index in [1.165, 1.54) is 12.8 Å². The number of methoxy groups -OCH3 is 2. The Hall–Kier alpha value is -1.46. The molecular formula is C20H31ClN2O3. The van der Waals surface area contributed by atoms with E-state index in [9.17, 15) is 4.79 Å². The first-order chi connectivity index (χ1) is 12.1. The highest BCUT2D eigenvalue weighted by atomic mass is 35.5. The van der Waals surface area contributed by atoms with Crippen molar-refractivity contribution in [3.05, 3.63) is 23.8 Å². The van der Waals surface area contributed by atoms with E-state index < -0.39 is 0 Å². The lowest BCUT2D eigenvalue weighted by molar-refractivity contribution is -0.122. The number of hydrogen-bond donors (Lipinski definition) is 2. The van der Waals surface area contributed by atoms with Crippen molar-refractivity contribution in [1.29, 1.82) is 0 Å². The number of nitrogens with one attached hydrogen (secondary N) is 2. The minimum Gasteiger partial charge on any atom is -0.493 e. The molecule has 3 rings (SSSR count). The van der Waals surface area contributed by atoms with Crippen LogP contribution in [0.1, 0.15) is 44.6 Å². The summed E-state index contributed by atoms with van der Waals surface area (Å²) in [5, 5.41) is 6.79. The van der Waals surface area contributed by atoms with Gasteiger partial charge < -0.3 is 20.1 Å². The van der Waals surface area contributed by atoms with Crippen LogP contribution in [0, 0.1) is 5.92 Å². The molecule has 5 nitrogen and oxygen atoms in total. The van der Waals surface area contributed by atoms with Gasteiger partial charge in [0.15, 0.2) is 11.5 Å². The molecule has 1 aromatic rings. The molecule has 26 heavy (non-hydrogen) atoms. The number of ether oxygens (including phenoxy) is 2. The Morgan fingerprint density at radius 2 is 1.85 bits per heavy atom. The predicted molar refractivity (Wildman–Crippen MR) is 105 cm³/mol. The number of piperidine rings is 1. The van der Waals surface area contributed by atoms with Crippen LogP contribution in [-0.4, -0.2) is 38.3 Å². The Labute approximate surface area is 162 Å². The number of carbonyl (C=O) groups excluding carboxylic acids is 1. The van der Waals surface area contributed by atoms with Crippen LogP contribution in [0.4, 0.5) is 0 Å². The molecule has 6 heteroatoms. The van der Waals surface area contributed by atoms with Crippen LogP contribution in [0.5, 0.6) is 11.5 Å². The van der Waals surface area contributed by atoms with Crippen LogP contribution < -0.4 is 20.1 Å². The van der Waals surface area contributed by atoms with Gasteiger partial charge in [-0.1, -0.05) is 6.07 Å². The SMILES string of the molecule is COc1ccc(CC(C)NC(=O)CC2CC3CCC(C2)N3)cc1OC.Cl. The maximum absolute atomic E-state index is 12.4. The van der Waals surface area contributed by atoms with Gasteiger partial charge in [0.05, 0.1) is 14.2 Å². The van der Waals surface area contributed by atoms with Gasteiger partial charge in [0.2, 0.25) is 5.91 Å². The quantitative estimate of drug-likeness (QED) is 0.760. The maximum Gasteiger partial charge on any atom is 0.220 e. The number of halogens is 1. The molecule has 2 aliphatic rings. The highest BCUT2D eigenvalue weighted by Gasteiger charge is 2.34. The zero-order valence-corrected chi connectivity index (χ0v) is 16.7. The maximum atomic E-state index is 12.4. The molecule has 0 saturated carbocycles. The van der Waals surface area contributed by atoms with Crippen molar-refractivity contribution in [2.75, 3.05) is 14.2 Å². The van der Waals surface area contributed by atoms with E-state index in [-0.39, 0.29) is 24.4 Å². The van der Waals surface area contributed by atoms with Crippen molar-refractivity contribution >= 4 is 18.3 Å². The molecule has 3 atom stereocenters. The Morgan fingerprint density at radius 3 is 2.46 bits per heavy atom. The molecule has 0 spiro atoms. The molecular weight excluding hydrogens is 352 g/mol. The molecule has 0 aromatic heterocycles. The second-order valence-electron chi connectivity index (χ2n) is 7.54. The van der Waals surface area contributed by atoms with Crippen LogP contribution in [0.3, 0.4) is 0 Å². The van der Waals surface area contributed by atoms with E-state index in [0.29, 0.717) is 24.4 Å². The first-order valence-corrected chi connectivity index (χ1v) is 9.33. The van der Waals surface area contributed by atoms with E-state index >= 15 is 0 Å². The van der Waals surface area contributed by atoms with Crippen LogP contribution in [0.15, 0.2) is 18.2 Å². The molecule has 2 heterocycles. The summed E-state index contributed by atoms with van der Waals surface area (Å²) in [6.45, 7) is 2.06. The topological polar surface area (TPSA) is 59.6 Å². The van der Waals surface area contributed by atoms with Gasteiger partial charge in [0.1, 0.15) is 0 Å². The zero-order valence-electron chi connectivity index (χ0n) is 15.9. The molecule has 2 fully saturated rings. The molecule has 3 unspecified atom stereocenters. The lowest BCUT2D eigenvalue weighted by Gasteiger charge is -2.29. The van der Waals surface area contributed by atoms with Crippen LogP contribution in [0.25, 0.3) is 0 Å². The Balaban J connectivity index is 0.00000243. The zero-order chi connectivity index (χ0) is 17.8. The number of fused-ring (bicyclic) bond motifs is 2. The van der Waals surface area contributed by atoms with Crippen LogP contribution in [0.2, 0.25) is 0 Å². The van der Waals surface area contributed by atoms with Crippen molar-refractivity contribution in [2.45, 2.75) is 63.6 Å². The Bertz CT molecular complexity index is 599. The first-order valence-electron chi connectivity index (χ1n) is 9.33. The molecule has 1 aromatic carbocycles. The van der Waals surface area contributed by atoms with Gasteiger partial charge >= 0.3 is 0 Å². The number of rotatable bonds is 7. The summed E-state index contributed by atoms with van der Waals surface area (Å²) >= 11 is 0. The summed E-state index contributed by atoms with van der Waals surface area (Å²) in [5.74, 6) is 2.17. The average Bonchev–Trinajstić information content (AvgIpc) is 2.92. The summed E-state index contributed by atoms with van der Waals surface area (Å²) in [6, 6.07) is 7.29. The molecule has 2 saturated heterocycles. The van der Waals surface area contributed by atoms with E-state index in [1.807, 2.05) is 18.2 Å². The molecule has 0 radical (unpaired) electrons. The monoisotopic (exact) mass is 382 g/mol. The molecule has 146 valence electrons. The summed E-state index contributed by atoms with van der Waals surface area (Å²) in [7, 11) is 3.27. The largest absolute Gasteiger partial charge is 0.493 e. The van der Waals surface area contributed by atoms with Gasteiger partial charge in [-0.3, -0.25) is 4.79 Å². The number of hydrogen-bond acceptors (Lipinski definition) is 4. The number of carbonyl (C=O) groups is 1. The summed E-state index contributed by atoms with van der Waals surface area (Å²) in [4.78, 5) is 12.4. The Kier molecular flexibility index (Phi) is 7.59. The lowest BCUT2D eigenvalue weighted by atomic mass is 9.89. The van der Waals surface area contributed by atoms with Gasteiger partial charge in [0, 0.05) is 24.5 Å². The van der Waals surface area contributed by atoms with Crippen molar-refractivity contribution in [3.63, 3.8) is 0 Å². The minimum atomic E-state index is 0. The summed E-state index contributed by atoms with van der Waals surface area (Å²) in [5.41, 5.74) is 1.13. The van der Waals surface area contributed by atoms with Gasteiger partial charge in [-0.05, 0) is 62.6 Å². The fraction of sp³-hybridized carbons (Fsp3) is 0.650. The van der Waals surface area contributed by atoms with Crippen molar-refractivity contribution in [2.24, 2.45) is 5.92 Å². The molecule has 2 aliphatic heterocycles.